The zero-order chi connectivity index (χ0) is 16.7. The van der Waals surface area contributed by atoms with Crippen LogP contribution < -0.4 is 15.4 Å². The third-order valence-electron chi connectivity index (χ3n) is 2.84. The van der Waals surface area contributed by atoms with Crippen LogP contribution in [0.4, 0.5) is 10.1 Å². The van der Waals surface area contributed by atoms with Crippen molar-refractivity contribution >= 4 is 17.5 Å². The Morgan fingerprint density at radius 1 is 1.22 bits per heavy atom. The van der Waals surface area contributed by atoms with Gasteiger partial charge in [0.1, 0.15) is 5.82 Å². The second-order valence-corrected chi connectivity index (χ2v) is 4.72. The number of hydrogen-bond acceptors (Lipinski definition) is 4. The number of nitrogens with one attached hydrogen (secondary N) is 2. The molecule has 0 aliphatic carbocycles. The van der Waals surface area contributed by atoms with Crippen LogP contribution >= 0.6 is 0 Å². The van der Waals surface area contributed by atoms with Gasteiger partial charge in [0.15, 0.2) is 6.61 Å². The lowest BCUT2D eigenvalue weighted by atomic mass is 10.2. The third kappa shape index (κ3) is 5.39. The van der Waals surface area contributed by atoms with Crippen LogP contribution in [0.15, 0.2) is 42.6 Å². The van der Waals surface area contributed by atoms with E-state index in [2.05, 4.69) is 15.6 Å². The fraction of sp³-hybridized carbons (Fsp3) is 0.188. The highest BCUT2D eigenvalue weighted by Crippen LogP contribution is 2.11. The van der Waals surface area contributed by atoms with Crippen LogP contribution in [0.2, 0.25) is 0 Å². The first-order chi connectivity index (χ1) is 11.0. The zero-order valence-electron chi connectivity index (χ0n) is 12.5. The van der Waals surface area contributed by atoms with Crippen LogP contribution in [-0.4, -0.2) is 23.4 Å². The van der Waals surface area contributed by atoms with Gasteiger partial charge in [-0.3, -0.25) is 9.59 Å². The molecule has 0 spiro atoms. The Bertz CT molecular complexity index is 689. The van der Waals surface area contributed by atoms with Crippen LogP contribution in [0.3, 0.4) is 0 Å². The molecule has 2 N–H and O–H groups in total. The van der Waals surface area contributed by atoms with Gasteiger partial charge in [0.2, 0.25) is 11.8 Å². The van der Waals surface area contributed by atoms with Crippen molar-refractivity contribution in [1.29, 1.82) is 0 Å². The van der Waals surface area contributed by atoms with E-state index < -0.39 is 0 Å². The van der Waals surface area contributed by atoms with Gasteiger partial charge in [-0.05, 0) is 12.1 Å². The first kappa shape index (κ1) is 16.4. The van der Waals surface area contributed by atoms with Gasteiger partial charge in [-0.25, -0.2) is 9.37 Å². The minimum Gasteiger partial charge on any atom is -0.468 e. The van der Waals surface area contributed by atoms with Crippen LogP contribution in [0.5, 0.6) is 5.88 Å². The average molecular weight is 317 g/mol. The summed E-state index contributed by atoms with van der Waals surface area (Å²) in [6, 6.07) is 9.36. The Labute approximate surface area is 132 Å². The summed E-state index contributed by atoms with van der Waals surface area (Å²) in [5.41, 5.74) is 0.937. The van der Waals surface area contributed by atoms with Crippen molar-refractivity contribution in [1.82, 2.24) is 10.3 Å². The van der Waals surface area contributed by atoms with Gasteiger partial charge in [-0.2, -0.15) is 0 Å². The fourth-order valence-electron chi connectivity index (χ4n) is 1.77. The standard InChI is InChI=1S/C16H16FN3O3/c1-11(21)20-13-6-7-16(19-9-13)23-10-15(22)18-8-12-4-2-3-5-14(12)17/h2-7,9H,8,10H2,1H3,(H,18,22)(H,20,21). The van der Waals surface area contributed by atoms with E-state index in [0.29, 0.717) is 11.3 Å². The van der Waals surface area contributed by atoms with E-state index >= 15 is 0 Å². The molecule has 2 amide bonds. The molecule has 1 aromatic heterocycles. The quantitative estimate of drug-likeness (QED) is 0.852. The Morgan fingerprint density at radius 3 is 2.65 bits per heavy atom. The van der Waals surface area contributed by atoms with Crippen molar-refractivity contribution in [3.8, 4) is 5.88 Å². The Balaban J connectivity index is 1.78. The normalized spacial score (nSPS) is 10.0. The molecule has 1 heterocycles. The molecule has 2 rings (SSSR count). The lowest BCUT2D eigenvalue weighted by molar-refractivity contribution is -0.123. The SMILES string of the molecule is CC(=O)Nc1ccc(OCC(=O)NCc2ccccc2F)nc1. The molecule has 0 aliphatic rings. The third-order valence-corrected chi connectivity index (χ3v) is 2.84. The molecule has 0 saturated heterocycles. The summed E-state index contributed by atoms with van der Waals surface area (Å²) in [4.78, 5) is 26.5. The number of hydrogen-bond donors (Lipinski definition) is 2. The van der Waals surface area contributed by atoms with Crippen LogP contribution in [0.1, 0.15) is 12.5 Å². The minimum absolute atomic E-state index is 0.0871. The highest BCUT2D eigenvalue weighted by molar-refractivity contribution is 5.88. The molecule has 0 saturated carbocycles. The lowest BCUT2D eigenvalue weighted by Crippen LogP contribution is -2.28. The molecule has 0 unspecified atom stereocenters. The van der Waals surface area contributed by atoms with Crippen molar-refractivity contribution in [3.63, 3.8) is 0 Å². The van der Waals surface area contributed by atoms with Gasteiger partial charge in [0, 0.05) is 25.1 Å². The van der Waals surface area contributed by atoms with Gasteiger partial charge in [0.25, 0.3) is 5.91 Å². The van der Waals surface area contributed by atoms with Gasteiger partial charge >= 0.3 is 0 Å². The molecule has 0 aliphatic heterocycles. The molecule has 0 atom stereocenters. The zero-order valence-corrected chi connectivity index (χ0v) is 12.5. The molecule has 23 heavy (non-hydrogen) atoms. The summed E-state index contributed by atoms with van der Waals surface area (Å²) in [6.07, 6.45) is 1.42. The average Bonchev–Trinajstić information content (AvgIpc) is 2.53. The number of amides is 2. The van der Waals surface area contributed by atoms with E-state index in [0.717, 1.165) is 0 Å². The predicted molar refractivity (Wildman–Crippen MR) is 82.3 cm³/mol. The van der Waals surface area contributed by atoms with Crippen molar-refractivity contribution in [2.24, 2.45) is 0 Å². The smallest absolute Gasteiger partial charge is 0.258 e. The number of halogens is 1. The number of ether oxygens (including phenoxy) is 1. The number of benzene rings is 1. The maximum Gasteiger partial charge on any atom is 0.258 e. The number of pyridine rings is 1. The monoisotopic (exact) mass is 317 g/mol. The van der Waals surface area contributed by atoms with Crippen molar-refractivity contribution in [3.05, 3.63) is 54.0 Å². The van der Waals surface area contributed by atoms with Crippen LogP contribution in [0, 0.1) is 5.82 Å². The van der Waals surface area contributed by atoms with E-state index in [1.807, 2.05) is 0 Å². The lowest BCUT2D eigenvalue weighted by Gasteiger charge is -2.08. The van der Waals surface area contributed by atoms with Crippen molar-refractivity contribution < 1.29 is 18.7 Å². The molecular weight excluding hydrogens is 301 g/mol. The molecular formula is C16H16FN3O3. The second kappa shape index (κ2) is 7.88. The summed E-state index contributed by atoms with van der Waals surface area (Å²) < 4.78 is 18.6. The highest BCUT2D eigenvalue weighted by Gasteiger charge is 2.06. The van der Waals surface area contributed by atoms with Gasteiger partial charge in [0.05, 0.1) is 11.9 Å². The molecule has 0 fully saturated rings. The van der Waals surface area contributed by atoms with E-state index in [9.17, 15) is 14.0 Å². The first-order valence-electron chi connectivity index (χ1n) is 6.91. The fourth-order valence-corrected chi connectivity index (χ4v) is 1.77. The van der Waals surface area contributed by atoms with E-state index in [1.54, 1.807) is 24.3 Å². The van der Waals surface area contributed by atoms with Crippen molar-refractivity contribution in [2.45, 2.75) is 13.5 Å². The van der Waals surface area contributed by atoms with Crippen LogP contribution in [-0.2, 0) is 16.1 Å². The number of nitrogens with zero attached hydrogens (tertiary/aromatic N) is 1. The Morgan fingerprint density at radius 2 is 2.00 bits per heavy atom. The maximum absolute atomic E-state index is 13.4. The molecule has 6 nitrogen and oxygen atoms in total. The van der Waals surface area contributed by atoms with Gasteiger partial charge < -0.3 is 15.4 Å². The van der Waals surface area contributed by atoms with Gasteiger partial charge in [-0.1, -0.05) is 18.2 Å². The highest BCUT2D eigenvalue weighted by atomic mass is 19.1. The maximum atomic E-state index is 13.4. The Kier molecular flexibility index (Phi) is 5.62. The largest absolute Gasteiger partial charge is 0.468 e. The molecule has 1 aromatic carbocycles. The summed E-state index contributed by atoms with van der Waals surface area (Å²) >= 11 is 0. The summed E-state index contributed by atoms with van der Waals surface area (Å²) in [7, 11) is 0. The van der Waals surface area contributed by atoms with E-state index in [-0.39, 0.29) is 36.7 Å². The minimum atomic E-state index is -0.388. The molecule has 0 radical (unpaired) electrons. The summed E-state index contributed by atoms with van der Waals surface area (Å²) in [5, 5.41) is 5.13. The predicted octanol–water partition coefficient (Wildman–Crippen LogP) is 1.87. The molecule has 120 valence electrons. The second-order valence-electron chi connectivity index (χ2n) is 4.72. The number of rotatable bonds is 6. The van der Waals surface area contributed by atoms with E-state index in [4.69, 9.17) is 4.74 Å². The molecule has 0 bridgehead atoms. The first-order valence-corrected chi connectivity index (χ1v) is 6.91. The molecule has 7 heteroatoms. The summed E-state index contributed by atoms with van der Waals surface area (Å²) in [5.74, 6) is -0.710. The van der Waals surface area contributed by atoms with Gasteiger partial charge in [-0.15, -0.1) is 0 Å². The van der Waals surface area contributed by atoms with Crippen LogP contribution in [0.25, 0.3) is 0 Å². The molecule has 2 aromatic rings. The Hall–Kier alpha value is -2.96. The van der Waals surface area contributed by atoms with Crippen molar-refractivity contribution in [2.75, 3.05) is 11.9 Å². The topological polar surface area (TPSA) is 80.3 Å². The van der Waals surface area contributed by atoms with E-state index in [1.165, 1.54) is 25.3 Å². The summed E-state index contributed by atoms with van der Waals surface area (Å²) in [6.45, 7) is 1.25. The number of aromatic nitrogens is 1. The number of carbonyl (C=O) groups excluding carboxylic acids is 2. The number of anilines is 1. The number of carbonyl (C=O) groups is 2.